The molecule has 0 fully saturated rings. The van der Waals surface area contributed by atoms with Gasteiger partial charge in [0.2, 0.25) is 0 Å². The lowest BCUT2D eigenvalue weighted by atomic mass is 9.96. The number of pyridine rings is 1. The molecule has 0 bridgehead atoms. The van der Waals surface area contributed by atoms with Crippen LogP contribution in [0.25, 0.3) is 5.52 Å². The molecule has 0 saturated heterocycles. The predicted molar refractivity (Wildman–Crippen MR) is 75.9 cm³/mol. The fourth-order valence-electron chi connectivity index (χ4n) is 3.14. The molecule has 5 nitrogen and oxygen atoms in total. The summed E-state index contributed by atoms with van der Waals surface area (Å²) in [6.07, 6.45) is 6.61. The fourth-order valence-corrected chi connectivity index (χ4v) is 3.14. The Hall–Kier alpha value is -1.88. The van der Waals surface area contributed by atoms with Crippen LogP contribution in [0, 0.1) is 0 Å². The molecule has 0 radical (unpaired) electrons. The third-order valence-electron chi connectivity index (χ3n) is 3.99. The minimum absolute atomic E-state index is 0.297. The van der Waals surface area contributed by atoms with Gasteiger partial charge in [-0.25, -0.2) is 9.31 Å². The largest absolute Gasteiger partial charge is 0.462 e. The van der Waals surface area contributed by atoms with Crippen LogP contribution in [0.5, 0.6) is 0 Å². The summed E-state index contributed by atoms with van der Waals surface area (Å²) in [5.74, 6) is 0.123. The van der Waals surface area contributed by atoms with Crippen molar-refractivity contribution in [2.24, 2.45) is 5.73 Å². The summed E-state index contributed by atoms with van der Waals surface area (Å²) < 4.78 is 6.91. The van der Waals surface area contributed by atoms with Gasteiger partial charge in [-0.2, -0.15) is 5.10 Å². The van der Waals surface area contributed by atoms with Crippen molar-refractivity contribution >= 4 is 11.5 Å². The van der Waals surface area contributed by atoms with Crippen LogP contribution in [0.15, 0.2) is 18.5 Å². The first-order valence-electron chi connectivity index (χ1n) is 7.12. The highest BCUT2D eigenvalue weighted by molar-refractivity contribution is 5.98. The summed E-state index contributed by atoms with van der Waals surface area (Å²) in [4.78, 5) is 12.1. The zero-order valence-corrected chi connectivity index (χ0v) is 11.6. The second kappa shape index (κ2) is 5.25. The number of rotatable bonds is 4. The molecule has 2 N–H and O–H groups in total. The molecule has 5 heteroatoms. The number of hydrogen-bond acceptors (Lipinski definition) is 4. The molecule has 106 valence electrons. The van der Waals surface area contributed by atoms with Gasteiger partial charge in [-0.05, 0) is 55.8 Å². The van der Waals surface area contributed by atoms with Crippen molar-refractivity contribution in [2.75, 3.05) is 13.2 Å². The molecule has 0 saturated carbocycles. The molecule has 3 rings (SSSR count). The van der Waals surface area contributed by atoms with Crippen LogP contribution in [0.1, 0.15) is 47.2 Å². The van der Waals surface area contributed by atoms with Gasteiger partial charge in [0.05, 0.1) is 18.3 Å². The van der Waals surface area contributed by atoms with Gasteiger partial charge in [0.15, 0.2) is 0 Å². The van der Waals surface area contributed by atoms with Crippen molar-refractivity contribution in [3.63, 3.8) is 0 Å². The number of nitrogens with two attached hydrogens (primary N) is 1. The highest BCUT2D eigenvalue weighted by atomic mass is 16.5. The van der Waals surface area contributed by atoms with E-state index in [0.29, 0.717) is 24.6 Å². The zero-order chi connectivity index (χ0) is 14.1. The van der Waals surface area contributed by atoms with E-state index in [1.807, 2.05) is 13.1 Å². The molecule has 1 aliphatic carbocycles. The Labute approximate surface area is 117 Å². The van der Waals surface area contributed by atoms with E-state index in [0.717, 1.165) is 24.8 Å². The number of aromatic nitrogens is 2. The van der Waals surface area contributed by atoms with Gasteiger partial charge in [-0.1, -0.05) is 0 Å². The van der Waals surface area contributed by atoms with Crippen LogP contribution in [-0.4, -0.2) is 28.7 Å². The van der Waals surface area contributed by atoms with E-state index in [-0.39, 0.29) is 5.97 Å². The van der Waals surface area contributed by atoms with Crippen LogP contribution in [0.2, 0.25) is 0 Å². The molecular weight excluding hydrogens is 254 g/mol. The number of nitrogens with zero attached hydrogens (tertiary/aromatic N) is 2. The Morgan fingerprint density at radius 2 is 2.45 bits per heavy atom. The van der Waals surface area contributed by atoms with E-state index in [2.05, 4.69) is 11.2 Å². The van der Waals surface area contributed by atoms with Gasteiger partial charge in [-0.15, -0.1) is 0 Å². The van der Waals surface area contributed by atoms with E-state index < -0.39 is 0 Å². The summed E-state index contributed by atoms with van der Waals surface area (Å²) >= 11 is 0. The molecule has 20 heavy (non-hydrogen) atoms. The molecule has 0 aliphatic heterocycles. The summed E-state index contributed by atoms with van der Waals surface area (Å²) in [5, 5.41) is 4.28. The lowest BCUT2D eigenvalue weighted by Crippen LogP contribution is -2.09. The fraction of sp³-hybridized carbons (Fsp3) is 0.467. The first-order valence-corrected chi connectivity index (χ1v) is 7.12. The molecule has 1 atom stereocenters. The molecular formula is C15H19N3O2. The van der Waals surface area contributed by atoms with E-state index in [4.69, 9.17) is 10.5 Å². The maximum absolute atomic E-state index is 12.1. The van der Waals surface area contributed by atoms with Crippen molar-refractivity contribution < 1.29 is 9.53 Å². The van der Waals surface area contributed by atoms with Gasteiger partial charge < -0.3 is 10.5 Å². The van der Waals surface area contributed by atoms with E-state index in [9.17, 15) is 4.79 Å². The second-order valence-corrected chi connectivity index (χ2v) is 5.14. The number of carbonyl (C=O) groups is 1. The van der Waals surface area contributed by atoms with Gasteiger partial charge >= 0.3 is 5.97 Å². The van der Waals surface area contributed by atoms with E-state index >= 15 is 0 Å². The van der Waals surface area contributed by atoms with Gasteiger partial charge in [0.1, 0.15) is 5.56 Å². The predicted octanol–water partition coefficient (Wildman–Crippen LogP) is 1.89. The van der Waals surface area contributed by atoms with Crippen LogP contribution in [-0.2, 0) is 11.2 Å². The lowest BCUT2D eigenvalue weighted by Gasteiger charge is -2.12. The van der Waals surface area contributed by atoms with Crippen LogP contribution in [0.3, 0.4) is 0 Å². The topological polar surface area (TPSA) is 69.6 Å². The second-order valence-electron chi connectivity index (χ2n) is 5.14. The monoisotopic (exact) mass is 273 g/mol. The third kappa shape index (κ3) is 1.98. The van der Waals surface area contributed by atoms with Gasteiger partial charge in [0, 0.05) is 6.20 Å². The molecule has 0 amide bonds. The number of aryl methyl sites for hydroxylation is 1. The first-order chi connectivity index (χ1) is 9.76. The Balaban J connectivity index is 2.15. The standard InChI is InChI=1S/C15H19N3O2/c1-2-20-15(19)12-9-17-18-8-6-11-4-3-10(5-7-16)13(11)14(12)18/h6,8-10H,2-5,7,16H2,1H3. The summed E-state index contributed by atoms with van der Waals surface area (Å²) in [6, 6.07) is 2.10. The average Bonchev–Trinajstić information content (AvgIpc) is 3.02. The number of fused-ring (bicyclic) bond motifs is 3. The Bertz CT molecular complexity index is 646. The van der Waals surface area contributed by atoms with Crippen LogP contribution in [0.4, 0.5) is 0 Å². The average molecular weight is 273 g/mol. The normalized spacial score (nSPS) is 17.4. The van der Waals surface area contributed by atoms with Crippen LogP contribution >= 0.6 is 0 Å². The summed E-state index contributed by atoms with van der Waals surface area (Å²) in [5.41, 5.74) is 9.72. The van der Waals surface area contributed by atoms with Gasteiger partial charge in [-0.3, -0.25) is 0 Å². The smallest absolute Gasteiger partial charge is 0.341 e. The first kappa shape index (κ1) is 13.1. The minimum atomic E-state index is -0.297. The SMILES string of the molecule is CCOC(=O)c1cnn2ccc3c(c12)C(CCN)CC3. The quantitative estimate of drug-likeness (QED) is 0.864. The molecule has 2 aromatic heterocycles. The molecule has 1 unspecified atom stereocenters. The van der Waals surface area contributed by atoms with Crippen molar-refractivity contribution in [1.29, 1.82) is 0 Å². The molecule has 2 aromatic rings. The number of hydrogen-bond donors (Lipinski definition) is 1. The van der Waals surface area contributed by atoms with Crippen molar-refractivity contribution in [2.45, 2.75) is 32.1 Å². The number of carbonyl (C=O) groups excluding carboxylic acids is 1. The highest BCUT2D eigenvalue weighted by Gasteiger charge is 2.28. The Kier molecular flexibility index (Phi) is 3.44. The molecule has 2 heterocycles. The zero-order valence-electron chi connectivity index (χ0n) is 11.6. The summed E-state index contributed by atoms with van der Waals surface area (Å²) in [6.45, 7) is 2.84. The maximum atomic E-state index is 12.1. The Morgan fingerprint density at radius 1 is 1.60 bits per heavy atom. The lowest BCUT2D eigenvalue weighted by molar-refractivity contribution is 0.0528. The highest BCUT2D eigenvalue weighted by Crippen LogP contribution is 2.39. The van der Waals surface area contributed by atoms with Gasteiger partial charge in [0.25, 0.3) is 0 Å². The van der Waals surface area contributed by atoms with E-state index in [1.54, 1.807) is 10.7 Å². The van der Waals surface area contributed by atoms with Crippen molar-refractivity contribution in [1.82, 2.24) is 9.61 Å². The number of esters is 1. The van der Waals surface area contributed by atoms with Crippen LogP contribution < -0.4 is 5.73 Å². The molecule has 0 aromatic carbocycles. The number of ether oxygens (including phenoxy) is 1. The van der Waals surface area contributed by atoms with Crippen molar-refractivity contribution in [3.05, 3.63) is 35.2 Å². The molecule has 0 spiro atoms. The minimum Gasteiger partial charge on any atom is -0.462 e. The third-order valence-corrected chi connectivity index (χ3v) is 3.99. The van der Waals surface area contributed by atoms with E-state index in [1.165, 1.54) is 11.1 Å². The maximum Gasteiger partial charge on any atom is 0.341 e. The Morgan fingerprint density at radius 3 is 3.20 bits per heavy atom. The molecule has 1 aliphatic rings. The summed E-state index contributed by atoms with van der Waals surface area (Å²) in [7, 11) is 0. The van der Waals surface area contributed by atoms with Crippen molar-refractivity contribution in [3.8, 4) is 0 Å².